The van der Waals surface area contributed by atoms with Gasteiger partial charge in [-0.3, -0.25) is 0 Å². The van der Waals surface area contributed by atoms with Gasteiger partial charge in [-0.15, -0.1) is 0 Å². The molecule has 0 aromatic carbocycles. The number of aromatic nitrogens is 2. The van der Waals surface area contributed by atoms with Crippen molar-refractivity contribution in [1.29, 1.82) is 0 Å². The molecular weight excluding hydrogens is 283 g/mol. The zero-order valence-corrected chi connectivity index (χ0v) is 13.1. The predicted molar refractivity (Wildman–Crippen MR) is 75.9 cm³/mol. The van der Waals surface area contributed by atoms with Gasteiger partial charge < -0.3 is 25.3 Å². The van der Waals surface area contributed by atoms with E-state index < -0.39 is 5.97 Å². The molecule has 7 nitrogen and oxygen atoms in total. The molecule has 4 N–H and O–H groups in total. The van der Waals surface area contributed by atoms with Crippen LogP contribution in [-0.4, -0.2) is 39.1 Å². The molecule has 0 atom stereocenters. The van der Waals surface area contributed by atoms with Crippen LogP contribution in [0.1, 0.15) is 39.3 Å². The van der Waals surface area contributed by atoms with E-state index in [2.05, 4.69) is 9.97 Å². The molecule has 0 aliphatic rings. The standard InChI is InChI=1S/C8H11NO2.C6H7NO2.Li.H2O/c1-3-11-8(10)7-5-4-6(2)9-7;1-4-2-3-5(7-4)6(8)9;;/h4-5,9H,3H2,1-2H3;2-3,7H,1H3,(H,8,9);;1H2/q;;+1;/p-1. The number of nitrogens with one attached hydrogen (secondary N) is 2. The van der Waals surface area contributed by atoms with Gasteiger partial charge in [-0.1, -0.05) is 0 Å². The second kappa shape index (κ2) is 10.7. The number of aromatic amines is 2. The van der Waals surface area contributed by atoms with Crippen LogP contribution in [0.15, 0.2) is 24.3 Å². The summed E-state index contributed by atoms with van der Waals surface area (Å²) >= 11 is 0. The molecule has 0 aliphatic carbocycles. The number of hydrogen-bond acceptors (Lipinski definition) is 4. The van der Waals surface area contributed by atoms with Crippen molar-refractivity contribution >= 4 is 11.9 Å². The number of carboxylic acids is 1. The first kappa shape index (κ1) is 22.3. The molecule has 2 aromatic rings. The second-order valence-corrected chi connectivity index (χ2v) is 4.14. The summed E-state index contributed by atoms with van der Waals surface area (Å²) in [6.45, 7) is 5.90. The Balaban J connectivity index is 0. The number of aryl methyl sites for hydroxylation is 2. The number of hydrogen-bond donors (Lipinski definition) is 3. The first-order chi connectivity index (χ1) is 9.43. The Morgan fingerprint density at radius 3 is 1.77 bits per heavy atom. The van der Waals surface area contributed by atoms with E-state index in [0.717, 1.165) is 11.4 Å². The van der Waals surface area contributed by atoms with Crippen LogP contribution in [0.5, 0.6) is 0 Å². The number of carboxylic acid groups (broad SMARTS) is 1. The van der Waals surface area contributed by atoms with Gasteiger partial charge in [0, 0.05) is 11.4 Å². The normalized spacial score (nSPS) is 8.68. The molecule has 0 amide bonds. The van der Waals surface area contributed by atoms with E-state index in [0.29, 0.717) is 12.3 Å². The maximum absolute atomic E-state index is 11.0. The van der Waals surface area contributed by atoms with Crippen molar-refractivity contribution in [2.24, 2.45) is 0 Å². The molecular formula is C14H19LiN2O5. The van der Waals surface area contributed by atoms with Crippen LogP contribution in [0.25, 0.3) is 0 Å². The topological polar surface area (TPSA) is 125 Å². The minimum absolute atomic E-state index is 0. The molecule has 2 rings (SSSR count). The molecule has 0 fully saturated rings. The summed E-state index contributed by atoms with van der Waals surface area (Å²) < 4.78 is 4.77. The van der Waals surface area contributed by atoms with Crippen molar-refractivity contribution in [1.82, 2.24) is 9.97 Å². The van der Waals surface area contributed by atoms with Crippen LogP contribution in [0.4, 0.5) is 0 Å². The summed E-state index contributed by atoms with van der Waals surface area (Å²) in [5, 5.41) is 8.37. The summed E-state index contributed by atoms with van der Waals surface area (Å²) in [5.41, 5.74) is 2.59. The van der Waals surface area contributed by atoms with Crippen LogP contribution in [0, 0.1) is 13.8 Å². The van der Waals surface area contributed by atoms with Crippen LogP contribution in [0.2, 0.25) is 0 Å². The van der Waals surface area contributed by atoms with Crippen molar-refractivity contribution in [3.63, 3.8) is 0 Å². The molecule has 0 unspecified atom stereocenters. The smallest absolute Gasteiger partial charge is 0.870 e. The molecule has 8 heteroatoms. The average molecular weight is 302 g/mol. The summed E-state index contributed by atoms with van der Waals surface area (Å²) in [5.74, 6) is -1.20. The van der Waals surface area contributed by atoms with Crippen molar-refractivity contribution in [3.8, 4) is 0 Å². The summed E-state index contributed by atoms with van der Waals surface area (Å²) in [4.78, 5) is 26.7. The molecule has 0 aliphatic heterocycles. The predicted octanol–water partition coefficient (Wildman–Crippen LogP) is -0.652. The van der Waals surface area contributed by atoms with Gasteiger partial charge in [0.15, 0.2) is 0 Å². The molecule has 2 heterocycles. The molecule has 0 saturated heterocycles. The summed E-state index contributed by atoms with van der Waals surface area (Å²) in [7, 11) is 0. The minimum Gasteiger partial charge on any atom is -0.870 e. The number of esters is 1. The van der Waals surface area contributed by atoms with Crippen molar-refractivity contribution in [2.75, 3.05) is 6.61 Å². The summed E-state index contributed by atoms with van der Waals surface area (Å²) in [6, 6.07) is 6.82. The van der Waals surface area contributed by atoms with Gasteiger partial charge >= 0.3 is 30.8 Å². The Labute approximate surface area is 140 Å². The number of ether oxygens (including phenoxy) is 1. The first-order valence-corrected chi connectivity index (χ1v) is 6.15. The van der Waals surface area contributed by atoms with Gasteiger partial charge in [0.1, 0.15) is 11.4 Å². The van der Waals surface area contributed by atoms with Gasteiger partial charge in [-0.25, -0.2) is 9.59 Å². The Kier molecular flexibility index (Phi) is 10.9. The van der Waals surface area contributed by atoms with E-state index in [1.54, 1.807) is 19.1 Å². The van der Waals surface area contributed by atoms with Gasteiger partial charge in [0.05, 0.1) is 6.61 Å². The van der Waals surface area contributed by atoms with Crippen LogP contribution < -0.4 is 18.9 Å². The fraction of sp³-hybridized carbons (Fsp3) is 0.286. The molecule has 0 saturated carbocycles. The van der Waals surface area contributed by atoms with Crippen LogP contribution in [-0.2, 0) is 4.74 Å². The Hall–Kier alpha value is -1.94. The van der Waals surface area contributed by atoms with E-state index in [4.69, 9.17) is 9.84 Å². The van der Waals surface area contributed by atoms with Gasteiger partial charge in [-0.05, 0) is 45.0 Å². The molecule has 2 aromatic heterocycles. The third kappa shape index (κ3) is 7.18. The largest absolute Gasteiger partial charge is 1.00 e. The quantitative estimate of drug-likeness (QED) is 0.513. The SMILES string of the molecule is CCOC(=O)c1ccc(C)[nH]1.Cc1ccc(C(=O)O)[nH]1.[Li+].[OH-]. The average Bonchev–Trinajstić information content (AvgIpc) is 2.99. The molecule has 0 bridgehead atoms. The molecule has 0 radical (unpaired) electrons. The Morgan fingerprint density at radius 2 is 1.50 bits per heavy atom. The number of carbonyl (C=O) groups excluding carboxylic acids is 1. The van der Waals surface area contributed by atoms with E-state index in [1.807, 2.05) is 19.9 Å². The van der Waals surface area contributed by atoms with Crippen molar-refractivity contribution in [3.05, 3.63) is 47.0 Å². The van der Waals surface area contributed by atoms with Crippen LogP contribution >= 0.6 is 0 Å². The fourth-order valence-electron chi connectivity index (χ4n) is 1.46. The number of aromatic carboxylic acids is 1. The number of carbonyl (C=O) groups is 2. The Bertz CT molecular complexity index is 592. The zero-order chi connectivity index (χ0) is 15.1. The van der Waals surface area contributed by atoms with Crippen molar-refractivity contribution in [2.45, 2.75) is 20.8 Å². The van der Waals surface area contributed by atoms with E-state index in [1.165, 1.54) is 6.07 Å². The second-order valence-electron chi connectivity index (χ2n) is 4.14. The molecule has 116 valence electrons. The third-order valence-electron chi connectivity index (χ3n) is 2.39. The number of rotatable bonds is 3. The first-order valence-electron chi connectivity index (χ1n) is 6.15. The minimum atomic E-state index is -0.914. The van der Waals surface area contributed by atoms with E-state index in [9.17, 15) is 9.59 Å². The van der Waals surface area contributed by atoms with Crippen molar-refractivity contribution < 1.29 is 43.8 Å². The Morgan fingerprint density at radius 1 is 1.05 bits per heavy atom. The van der Waals surface area contributed by atoms with E-state index >= 15 is 0 Å². The monoisotopic (exact) mass is 302 g/mol. The van der Waals surface area contributed by atoms with E-state index in [-0.39, 0.29) is 36.0 Å². The molecule has 22 heavy (non-hydrogen) atoms. The van der Waals surface area contributed by atoms with Gasteiger partial charge in [-0.2, -0.15) is 0 Å². The van der Waals surface area contributed by atoms with Crippen LogP contribution in [0.3, 0.4) is 0 Å². The maximum Gasteiger partial charge on any atom is 1.00 e. The zero-order valence-electron chi connectivity index (χ0n) is 13.1. The summed E-state index contributed by atoms with van der Waals surface area (Å²) in [6.07, 6.45) is 0. The van der Waals surface area contributed by atoms with Gasteiger partial charge in [0.2, 0.25) is 0 Å². The third-order valence-corrected chi connectivity index (χ3v) is 2.39. The number of H-pyrrole nitrogens is 2. The fourth-order valence-corrected chi connectivity index (χ4v) is 1.46. The molecule has 0 spiro atoms. The van der Waals surface area contributed by atoms with Gasteiger partial charge in [0.25, 0.3) is 0 Å². The maximum atomic E-state index is 11.0.